The molecule has 1 aromatic carbocycles. The topological polar surface area (TPSA) is 45.8 Å². The molecule has 5 heteroatoms. The Hall–Kier alpha value is -1.65. The molecule has 3 aromatic rings. The van der Waals surface area contributed by atoms with Gasteiger partial charge in [0, 0.05) is 10.9 Å². The van der Waals surface area contributed by atoms with Crippen LogP contribution in [0.5, 0.6) is 0 Å². The van der Waals surface area contributed by atoms with E-state index >= 15 is 0 Å². The number of aromatic nitrogens is 2. The van der Waals surface area contributed by atoms with Crippen molar-refractivity contribution in [3.8, 4) is 11.1 Å². The lowest BCUT2D eigenvalue weighted by Crippen LogP contribution is -2.11. The molecule has 0 aliphatic heterocycles. The summed E-state index contributed by atoms with van der Waals surface area (Å²) < 4.78 is 0. The van der Waals surface area contributed by atoms with Gasteiger partial charge in [-0.2, -0.15) is 0 Å². The Morgan fingerprint density at radius 1 is 1.32 bits per heavy atom. The van der Waals surface area contributed by atoms with Crippen LogP contribution in [0.2, 0.25) is 0 Å². The molecule has 0 radical (unpaired) electrons. The average molecular weight is 291 g/mol. The van der Waals surface area contributed by atoms with Crippen LogP contribution in [0, 0.1) is 0 Å². The molecule has 0 aliphatic carbocycles. The predicted octanol–water partition coefficient (Wildman–Crippen LogP) is 3.95. The van der Waals surface area contributed by atoms with E-state index in [1.54, 1.807) is 6.92 Å². The number of hydrogen-bond donors (Lipinski definition) is 1. The minimum absolute atomic E-state index is 0.132. The highest BCUT2D eigenvalue weighted by molar-refractivity contribution is 7.17. The fourth-order valence-corrected chi connectivity index (χ4v) is 3.04. The fraction of sp³-hybridized carbons (Fsp3) is 0.143. The third-order valence-corrected chi connectivity index (χ3v) is 4.00. The largest absolute Gasteiger partial charge is 0.309 e. The van der Waals surface area contributed by atoms with Crippen molar-refractivity contribution < 1.29 is 0 Å². The Bertz CT molecular complexity index is 777. The highest BCUT2D eigenvalue weighted by atomic mass is 35.5. The molecule has 2 heterocycles. The van der Waals surface area contributed by atoms with Crippen LogP contribution in [-0.2, 0) is 0 Å². The zero-order valence-electron chi connectivity index (χ0n) is 10.2. The second kappa shape index (κ2) is 4.79. The SMILES string of the molecule is CC(Cl)c1nc2scc(-c3ccccc3)c2c(=O)[nH]1. The molecule has 96 valence electrons. The van der Waals surface area contributed by atoms with E-state index in [1.807, 2.05) is 35.7 Å². The molecule has 3 nitrogen and oxygen atoms in total. The molecule has 19 heavy (non-hydrogen) atoms. The van der Waals surface area contributed by atoms with Crippen molar-refractivity contribution in [2.24, 2.45) is 0 Å². The van der Waals surface area contributed by atoms with Crippen molar-refractivity contribution in [1.82, 2.24) is 9.97 Å². The molecular formula is C14H11ClN2OS. The van der Waals surface area contributed by atoms with Crippen LogP contribution in [0.1, 0.15) is 18.1 Å². The smallest absolute Gasteiger partial charge is 0.260 e. The van der Waals surface area contributed by atoms with E-state index in [0.717, 1.165) is 16.0 Å². The van der Waals surface area contributed by atoms with Gasteiger partial charge in [0.1, 0.15) is 10.7 Å². The molecular weight excluding hydrogens is 280 g/mol. The van der Waals surface area contributed by atoms with Crippen molar-refractivity contribution in [2.45, 2.75) is 12.3 Å². The van der Waals surface area contributed by atoms with Crippen LogP contribution in [0.4, 0.5) is 0 Å². The van der Waals surface area contributed by atoms with E-state index in [2.05, 4.69) is 9.97 Å². The van der Waals surface area contributed by atoms with Crippen molar-refractivity contribution >= 4 is 33.2 Å². The van der Waals surface area contributed by atoms with Crippen LogP contribution in [0.3, 0.4) is 0 Å². The van der Waals surface area contributed by atoms with Crippen molar-refractivity contribution in [3.05, 3.63) is 51.9 Å². The van der Waals surface area contributed by atoms with Gasteiger partial charge in [-0.25, -0.2) is 4.98 Å². The summed E-state index contributed by atoms with van der Waals surface area (Å²) in [6, 6.07) is 9.83. The molecule has 1 unspecified atom stereocenters. The van der Waals surface area contributed by atoms with E-state index in [9.17, 15) is 4.79 Å². The molecule has 0 amide bonds. The summed E-state index contributed by atoms with van der Waals surface area (Å²) in [5, 5.41) is 2.29. The summed E-state index contributed by atoms with van der Waals surface area (Å²) in [5.74, 6) is 0.514. The van der Waals surface area contributed by atoms with Crippen molar-refractivity contribution in [1.29, 1.82) is 0 Å². The van der Waals surface area contributed by atoms with E-state index < -0.39 is 0 Å². The monoisotopic (exact) mass is 290 g/mol. The van der Waals surface area contributed by atoms with Crippen LogP contribution >= 0.6 is 22.9 Å². The number of nitrogens with one attached hydrogen (secondary N) is 1. The Morgan fingerprint density at radius 3 is 2.74 bits per heavy atom. The minimum Gasteiger partial charge on any atom is -0.309 e. The number of aromatic amines is 1. The Morgan fingerprint density at radius 2 is 2.05 bits per heavy atom. The van der Waals surface area contributed by atoms with Gasteiger partial charge >= 0.3 is 0 Å². The van der Waals surface area contributed by atoms with Crippen molar-refractivity contribution in [2.75, 3.05) is 0 Å². The van der Waals surface area contributed by atoms with E-state index in [1.165, 1.54) is 11.3 Å². The zero-order chi connectivity index (χ0) is 13.4. The minimum atomic E-state index is -0.306. The number of H-pyrrole nitrogens is 1. The number of benzene rings is 1. The maximum absolute atomic E-state index is 12.2. The van der Waals surface area contributed by atoms with Crippen LogP contribution in [-0.4, -0.2) is 9.97 Å². The van der Waals surface area contributed by atoms with Gasteiger partial charge in [0.15, 0.2) is 0 Å². The van der Waals surface area contributed by atoms with Gasteiger partial charge < -0.3 is 4.98 Å². The summed E-state index contributed by atoms with van der Waals surface area (Å²) in [6.07, 6.45) is 0. The summed E-state index contributed by atoms with van der Waals surface area (Å²) in [4.78, 5) is 20.1. The second-order valence-corrected chi connectivity index (χ2v) is 5.78. The molecule has 1 atom stereocenters. The molecule has 0 saturated carbocycles. The predicted molar refractivity (Wildman–Crippen MR) is 79.9 cm³/mol. The second-order valence-electron chi connectivity index (χ2n) is 4.26. The van der Waals surface area contributed by atoms with Crippen LogP contribution < -0.4 is 5.56 Å². The lowest BCUT2D eigenvalue weighted by atomic mass is 10.1. The molecule has 0 aliphatic rings. The maximum atomic E-state index is 12.2. The molecule has 0 bridgehead atoms. The van der Waals surface area contributed by atoms with Crippen LogP contribution in [0.25, 0.3) is 21.3 Å². The summed E-state index contributed by atoms with van der Waals surface area (Å²) in [5.41, 5.74) is 1.81. The van der Waals surface area contributed by atoms with Gasteiger partial charge in [-0.1, -0.05) is 30.3 Å². The number of alkyl halides is 1. The van der Waals surface area contributed by atoms with E-state index in [-0.39, 0.29) is 10.9 Å². The number of nitrogens with zero attached hydrogens (tertiary/aromatic N) is 1. The van der Waals surface area contributed by atoms with E-state index in [0.29, 0.717) is 11.2 Å². The molecule has 0 spiro atoms. The lowest BCUT2D eigenvalue weighted by Gasteiger charge is -2.03. The number of hydrogen-bond acceptors (Lipinski definition) is 3. The first-order valence-electron chi connectivity index (χ1n) is 5.87. The lowest BCUT2D eigenvalue weighted by molar-refractivity contribution is 0.917. The normalized spacial score (nSPS) is 12.7. The number of rotatable bonds is 2. The standard InChI is InChI=1S/C14H11ClN2OS/c1-8(15)12-16-13(18)11-10(7-19-14(11)17-12)9-5-3-2-4-6-9/h2-8H,1H3,(H,16,17,18). The van der Waals surface area contributed by atoms with Gasteiger partial charge in [-0.15, -0.1) is 22.9 Å². The third-order valence-electron chi connectivity index (χ3n) is 2.92. The number of fused-ring (bicyclic) bond motifs is 1. The average Bonchev–Trinajstić information content (AvgIpc) is 2.84. The molecule has 1 N–H and O–H groups in total. The first-order chi connectivity index (χ1) is 9.16. The van der Waals surface area contributed by atoms with Gasteiger partial charge in [0.25, 0.3) is 5.56 Å². The first-order valence-corrected chi connectivity index (χ1v) is 7.19. The first kappa shape index (κ1) is 12.4. The highest BCUT2D eigenvalue weighted by Gasteiger charge is 2.14. The van der Waals surface area contributed by atoms with Gasteiger partial charge in [0.05, 0.1) is 10.8 Å². The molecule has 3 rings (SSSR count). The number of thiophene rings is 1. The summed E-state index contributed by atoms with van der Waals surface area (Å²) >= 11 is 7.44. The highest BCUT2D eigenvalue weighted by Crippen LogP contribution is 2.31. The maximum Gasteiger partial charge on any atom is 0.260 e. The quantitative estimate of drug-likeness (QED) is 0.726. The van der Waals surface area contributed by atoms with Gasteiger partial charge in [-0.05, 0) is 12.5 Å². The molecule has 0 saturated heterocycles. The summed E-state index contributed by atoms with van der Waals surface area (Å²) in [6.45, 7) is 1.79. The molecule has 2 aromatic heterocycles. The Balaban J connectivity index is 2.28. The van der Waals surface area contributed by atoms with Gasteiger partial charge in [-0.3, -0.25) is 4.79 Å². The zero-order valence-corrected chi connectivity index (χ0v) is 11.8. The fourth-order valence-electron chi connectivity index (χ4n) is 1.98. The number of halogens is 1. The van der Waals surface area contributed by atoms with Gasteiger partial charge in [0.2, 0.25) is 0 Å². The van der Waals surface area contributed by atoms with E-state index in [4.69, 9.17) is 11.6 Å². The van der Waals surface area contributed by atoms with Crippen molar-refractivity contribution in [3.63, 3.8) is 0 Å². The Labute approximate surface area is 118 Å². The molecule has 0 fully saturated rings. The Kier molecular flexibility index (Phi) is 3.12. The van der Waals surface area contributed by atoms with Crippen LogP contribution in [0.15, 0.2) is 40.5 Å². The third kappa shape index (κ3) is 2.17. The summed E-state index contributed by atoms with van der Waals surface area (Å²) in [7, 11) is 0.